The molecule has 0 radical (unpaired) electrons. The van der Waals surface area contributed by atoms with Gasteiger partial charge in [0.2, 0.25) is 0 Å². The van der Waals surface area contributed by atoms with Crippen molar-refractivity contribution >= 4 is 5.78 Å². The van der Waals surface area contributed by atoms with Crippen LogP contribution in [0, 0.1) is 11.8 Å². The average Bonchev–Trinajstić information content (AvgIpc) is 2.67. The Hall–Kier alpha value is -0.450. The zero-order valence-electron chi connectivity index (χ0n) is 17.6. The number of hydrogen-bond acceptors (Lipinski definition) is 4. The number of piperazine rings is 1. The quantitative estimate of drug-likeness (QED) is 0.749. The van der Waals surface area contributed by atoms with Gasteiger partial charge in [-0.15, -0.1) is 0 Å². The van der Waals surface area contributed by atoms with Crippen molar-refractivity contribution in [2.45, 2.75) is 84.3 Å². The fraction of sp³-hybridized carbons (Fsp3) is 0.955. The SMILES string of the molecule is CC(C)C(=O)C1CCC(N2CCC(N3CCN(C(C)C)CC3)CC2)CC1. The third-order valence-corrected chi connectivity index (χ3v) is 7.28. The topological polar surface area (TPSA) is 26.8 Å². The van der Waals surface area contributed by atoms with Gasteiger partial charge in [-0.3, -0.25) is 14.6 Å². The molecule has 0 aromatic rings. The van der Waals surface area contributed by atoms with Crippen molar-refractivity contribution in [1.82, 2.24) is 14.7 Å². The minimum atomic E-state index is 0.212. The van der Waals surface area contributed by atoms with Crippen LogP contribution in [0.2, 0.25) is 0 Å². The summed E-state index contributed by atoms with van der Waals surface area (Å²) in [6.45, 7) is 16.3. The molecule has 4 heteroatoms. The van der Waals surface area contributed by atoms with Gasteiger partial charge in [0.05, 0.1) is 0 Å². The third-order valence-electron chi connectivity index (χ3n) is 7.28. The van der Waals surface area contributed by atoms with Crippen LogP contribution in [0.3, 0.4) is 0 Å². The Morgan fingerprint density at radius 2 is 1.19 bits per heavy atom. The lowest BCUT2D eigenvalue weighted by Gasteiger charge is -2.46. The van der Waals surface area contributed by atoms with Crippen molar-refractivity contribution < 1.29 is 4.79 Å². The van der Waals surface area contributed by atoms with Crippen molar-refractivity contribution in [3.63, 3.8) is 0 Å². The Morgan fingerprint density at radius 1 is 0.692 bits per heavy atom. The Morgan fingerprint density at radius 3 is 1.69 bits per heavy atom. The molecule has 0 spiro atoms. The summed E-state index contributed by atoms with van der Waals surface area (Å²) in [4.78, 5) is 20.4. The van der Waals surface area contributed by atoms with Gasteiger partial charge in [-0.1, -0.05) is 13.8 Å². The van der Waals surface area contributed by atoms with Crippen LogP contribution in [-0.4, -0.2) is 77.9 Å². The van der Waals surface area contributed by atoms with Crippen LogP contribution in [0.4, 0.5) is 0 Å². The molecule has 2 heterocycles. The normalized spacial score (nSPS) is 31.0. The van der Waals surface area contributed by atoms with Crippen molar-refractivity contribution in [1.29, 1.82) is 0 Å². The van der Waals surface area contributed by atoms with Crippen LogP contribution in [0.5, 0.6) is 0 Å². The summed E-state index contributed by atoms with van der Waals surface area (Å²) in [5.41, 5.74) is 0. The van der Waals surface area contributed by atoms with Gasteiger partial charge >= 0.3 is 0 Å². The summed E-state index contributed by atoms with van der Waals surface area (Å²) in [6, 6.07) is 2.24. The van der Waals surface area contributed by atoms with E-state index in [-0.39, 0.29) is 5.92 Å². The molecule has 0 N–H and O–H groups in total. The van der Waals surface area contributed by atoms with Crippen molar-refractivity contribution in [3.05, 3.63) is 0 Å². The van der Waals surface area contributed by atoms with Crippen LogP contribution < -0.4 is 0 Å². The Bertz CT molecular complexity index is 440. The highest BCUT2D eigenvalue weighted by Crippen LogP contribution is 2.32. The number of hydrogen-bond donors (Lipinski definition) is 0. The molecule has 3 fully saturated rings. The molecule has 2 saturated heterocycles. The van der Waals surface area contributed by atoms with Gasteiger partial charge in [0.1, 0.15) is 5.78 Å². The molecule has 150 valence electrons. The van der Waals surface area contributed by atoms with Crippen LogP contribution in [0.15, 0.2) is 0 Å². The fourth-order valence-electron chi connectivity index (χ4n) is 5.43. The number of rotatable bonds is 5. The van der Waals surface area contributed by atoms with E-state index in [0.29, 0.717) is 17.7 Å². The number of ketones is 1. The fourth-order valence-corrected chi connectivity index (χ4v) is 5.43. The molecule has 0 atom stereocenters. The molecule has 26 heavy (non-hydrogen) atoms. The number of Topliss-reactive ketones (excluding diaryl/α,β-unsaturated/α-hetero) is 1. The first-order valence-electron chi connectivity index (χ1n) is 11.2. The maximum Gasteiger partial charge on any atom is 0.138 e. The van der Waals surface area contributed by atoms with E-state index in [0.717, 1.165) is 24.9 Å². The molecular formula is C22H41N3O. The Balaban J connectivity index is 1.39. The minimum absolute atomic E-state index is 0.212. The van der Waals surface area contributed by atoms with Gasteiger partial charge in [0.15, 0.2) is 0 Å². The molecule has 3 aliphatic rings. The first-order chi connectivity index (χ1) is 12.5. The molecule has 1 aliphatic carbocycles. The maximum atomic E-state index is 12.2. The standard InChI is InChI=1S/C22H41N3O/c1-17(2)22(26)19-5-7-20(8-6-19)24-11-9-21(10-12-24)25-15-13-23(14-16-25)18(3)4/h17-21H,5-16H2,1-4H3. The lowest BCUT2D eigenvalue weighted by Crippen LogP contribution is -2.55. The summed E-state index contributed by atoms with van der Waals surface area (Å²) in [6.07, 6.45) is 7.40. The number of piperidine rings is 1. The van der Waals surface area contributed by atoms with Gasteiger partial charge in [-0.2, -0.15) is 0 Å². The van der Waals surface area contributed by atoms with Gasteiger partial charge in [-0.05, 0) is 65.5 Å². The highest BCUT2D eigenvalue weighted by atomic mass is 16.1. The number of nitrogens with zero attached hydrogens (tertiary/aromatic N) is 3. The predicted octanol–water partition coefficient (Wildman–Crippen LogP) is 3.26. The van der Waals surface area contributed by atoms with Gasteiger partial charge < -0.3 is 4.90 Å². The molecule has 1 saturated carbocycles. The van der Waals surface area contributed by atoms with E-state index < -0.39 is 0 Å². The molecule has 4 nitrogen and oxygen atoms in total. The summed E-state index contributed by atoms with van der Waals surface area (Å²) >= 11 is 0. The summed E-state index contributed by atoms with van der Waals surface area (Å²) in [7, 11) is 0. The van der Waals surface area contributed by atoms with Crippen molar-refractivity contribution in [3.8, 4) is 0 Å². The van der Waals surface area contributed by atoms with Crippen LogP contribution in [0.1, 0.15) is 66.2 Å². The third kappa shape index (κ3) is 4.88. The first-order valence-corrected chi connectivity index (χ1v) is 11.2. The van der Waals surface area contributed by atoms with Crippen molar-refractivity contribution in [2.24, 2.45) is 11.8 Å². The average molecular weight is 364 g/mol. The molecule has 0 bridgehead atoms. The van der Waals surface area contributed by atoms with Gasteiger partial charge in [0.25, 0.3) is 0 Å². The zero-order chi connectivity index (χ0) is 18.7. The lowest BCUT2D eigenvalue weighted by atomic mass is 9.79. The minimum Gasteiger partial charge on any atom is -0.300 e. The summed E-state index contributed by atoms with van der Waals surface area (Å²) < 4.78 is 0. The van der Waals surface area contributed by atoms with E-state index in [1.54, 1.807) is 0 Å². The molecule has 2 aliphatic heterocycles. The van der Waals surface area contributed by atoms with E-state index in [9.17, 15) is 4.79 Å². The molecule has 0 aromatic carbocycles. The lowest BCUT2D eigenvalue weighted by molar-refractivity contribution is -0.127. The monoisotopic (exact) mass is 363 g/mol. The van der Waals surface area contributed by atoms with Crippen LogP contribution in [0.25, 0.3) is 0 Å². The number of likely N-dealkylation sites (tertiary alicyclic amines) is 1. The predicted molar refractivity (Wildman–Crippen MR) is 108 cm³/mol. The van der Waals surface area contributed by atoms with E-state index in [1.165, 1.54) is 65.0 Å². The Kier molecular flexibility index (Phi) is 7.15. The van der Waals surface area contributed by atoms with E-state index >= 15 is 0 Å². The molecule has 0 amide bonds. The first kappa shape index (κ1) is 20.3. The summed E-state index contributed by atoms with van der Waals surface area (Å²) in [5.74, 6) is 1.06. The van der Waals surface area contributed by atoms with Crippen molar-refractivity contribution in [2.75, 3.05) is 39.3 Å². The second-order valence-corrected chi connectivity index (χ2v) is 9.50. The highest BCUT2D eigenvalue weighted by Gasteiger charge is 2.33. The largest absolute Gasteiger partial charge is 0.300 e. The highest BCUT2D eigenvalue weighted by molar-refractivity contribution is 5.82. The van der Waals surface area contributed by atoms with E-state index in [1.807, 2.05) is 0 Å². The van der Waals surface area contributed by atoms with Crippen LogP contribution in [-0.2, 0) is 4.79 Å². The molecular weight excluding hydrogens is 322 g/mol. The zero-order valence-corrected chi connectivity index (χ0v) is 17.6. The second-order valence-electron chi connectivity index (χ2n) is 9.50. The molecule has 0 unspecified atom stereocenters. The summed E-state index contributed by atoms with van der Waals surface area (Å²) in [5, 5.41) is 0. The van der Waals surface area contributed by atoms with Gasteiger partial charge in [0, 0.05) is 56.1 Å². The van der Waals surface area contributed by atoms with E-state index in [2.05, 4.69) is 42.4 Å². The number of carbonyl (C=O) groups excluding carboxylic acids is 1. The molecule has 0 aromatic heterocycles. The van der Waals surface area contributed by atoms with Crippen LogP contribution >= 0.6 is 0 Å². The van der Waals surface area contributed by atoms with Gasteiger partial charge in [-0.25, -0.2) is 0 Å². The van der Waals surface area contributed by atoms with E-state index in [4.69, 9.17) is 0 Å². The Labute approximate surface area is 161 Å². The molecule has 3 rings (SSSR count). The second kappa shape index (κ2) is 9.16. The number of carbonyl (C=O) groups is 1. The smallest absolute Gasteiger partial charge is 0.138 e. The maximum absolute atomic E-state index is 12.2.